The van der Waals surface area contributed by atoms with Crippen LogP contribution in [0, 0.1) is 0 Å². The largest absolute Gasteiger partial charge is 0.380 e. The third-order valence-electron chi connectivity index (χ3n) is 3.71. The second kappa shape index (κ2) is 6.28. The van der Waals surface area contributed by atoms with Crippen LogP contribution >= 0.6 is 11.3 Å². The molecule has 0 aliphatic carbocycles. The van der Waals surface area contributed by atoms with Crippen LogP contribution in [0.1, 0.15) is 16.1 Å². The highest BCUT2D eigenvalue weighted by Crippen LogP contribution is 2.23. The van der Waals surface area contributed by atoms with Gasteiger partial charge in [-0.25, -0.2) is 0 Å². The van der Waals surface area contributed by atoms with Gasteiger partial charge in [0.15, 0.2) is 0 Å². The molecule has 0 bridgehead atoms. The second-order valence-electron chi connectivity index (χ2n) is 5.07. The molecule has 4 nitrogen and oxygen atoms in total. The molecule has 0 saturated carbocycles. The fraction of sp³-hybridized carbons (Fsp3) is 0.312. The number of carbonyl (C=O) groups excluding carboxylic acids is 1. The molecule has 1 aromatic carbocycles. The van der Waals surface area contributed by atoms with E-state index in [-0.39, 0.29) is 5.91 Å². The molecule has 1 aromatic heterocycles. The van der Waals surface area contributed by atoms with Crippen LogP contribution in [0.5, 0.6) is 0 Å². The van der Waals surface area contributed by atoms with Gasteiger partial charge in [-0.3, -0.25) is 4.79 Å². The second-order valence-corrected chi connectivity index (χ2v) is 6.02. The van der Waals surface area contributed by atoms with Crippen molar-refractivity contribution < 1.29 is 9.53 Å². The molecule has 21 heavy (non-hydrogen) atoms. The van der Waals surface area contributed by atoms with E-state index >= 15 is 0 Å². The molecular weight excluding hydrogens is 284 g/mol. The summed E-state index contributed by atoms with van der Waals surface area (Å²) in [6.45, 7) is 1.94. The number of amides is 1. The number of nitrogens with one attached hydrogen (secondary N) is 1. The normalized spacial score (nSPS) is 18.0. The lowest BCUT2D eigenvalue weighted by Gasteiger charge is -2.18. The Bertz CT molecular complexity index is 595. The molecular formula is C16H18N2O2S. The minimum absolute atomic E-state index is 0.0571. The van der Waals surface area contributed by atoms with Crippen LogP contribution in [0.3, 0.4) is 0 Å². The average molecular weight is 302 g/mol. The topological polar surface area (TPSA) is 41.6 Å². The van der Waals surface area contributed by atoms with Crippen molar-refractivity contribution >= 4 is 28.6 Å². The minimum atomic E-state index is -0.0571. The average Bonchev–Trinajstić information content (AvgIpc) is 3.19. The van der Waals surface area contributed by atoms with Gasteiger partial charge in [-0.15, -0.1) is 11.3 Å². The summed E-state index contributed by atoms with van der Waals surface area (Å²) in [6, 6.07) is 11.7. The smallest absolute Gasteiger partial charge is 0.265 e. The molecule has 3 rings (SSSR count). The molecule has 1 unspecified atom stereocenters. The molecule has 2 aromatic rings. The van der Waals surface area contributed by atoms with Gasteiger partial charge >= 0.3 is 0 Å². The van der Waals surface area contributed by atoms with E-state index in [0.717, 1.165) is 30.1 Å². The van der Waals surface area contributed by atoms with Crippen molar-refractivity contribution in [3.63, 3.8) is 0 Å². The molecule has 1 N–H and O–H groups in total. The van der Waals surface area contributed by atoms with E-state index in [4.69, 9.17) is 4.74 Å². The number of anilines is 2. The van der Waals surface area contributed by atoms with Crippen molar-refractivity contribution in [1.29, 1.82) is 0 Å². The molecule has 0 radical (unpaired) electrons. The van der Waals surface area contributed by atoms with Gasteiger partial charge in [-0.1, -0.05) is 6.07 Å². The van der Waals surface area contributed by atoms with Crippen LogP contribution in [-0.4, -0.2) is 32.2 Å². The summed E-state index contributed by atoms with van der Waals surface area (Å²) >= 11 is 1.44. The Kier molecular flexibility index (Phi) is 4.22. The fourth-order valence-electron chi connectivity index (χ4n) is 2.51. The first-order valence-corrected chi connectivity index (χ1v) is 7.87. The quantitative estimate of drug-likeness (QED) is 0.943. The monoisotopic (exact) mass is 302 g/mol. The Labute approximate surface area is 128 Å². The first-order valence-electron chi connectivity index (χ1n) is 6.99. The molecule has 0 spiro atoms. The number of benzene rings is 1. The van der Waals surface area contributed by atoms with Gasteiger partial charge in [0.05, 0.1) is 11.0 Å². The summed E-state index contributed by atoms with van der Waals surface area (Å²) in [6.07, 6.45) is 1.39. The summed E-state index contributed by atoms with van der Waals surface area (Å²) in [7, 11) is 1.76. The summed E-state index contributed by atoms with van der Waals surface area (Å²) in [4.78, 5) is 15.0. The predicted octanol–water partition coefficient (Wildman–Crippen LogP) is 3.23. The maximum absolute atomic E-state index is 12.0. The maximum Gasteiger partial charge on any atom is 0.265 e. The number of hydrogen-bond acceptors (Lipinski definition) is 4. The molecule has 1 saturated heterocycles. The maximum atomic E-state index is 12.0. The molecule has 2 heterocycles. The Hall–Kier alpha value is -1.85. The summed E-state index contributed by atoms with van der Waals surface area (Å²) in [5.74, 6) is -0.0571. The first-order chi connectivity index (χ1) is 10.3. The van der Waals surface area contributed by atoms with Crippen LogP contribution in [0.25, 0.3) is 0 Å². The van der Waals surface area contributed by atoms with Crippen molar-refractivity contribution in [3.05, 3.63) is 46.7 Å². The Morgan fingerprint density at radius 1 is 1.33 bits per heavy atom. The molecule has 1 atom stereocenters. The number of carbonyl (C=O) groups is 1. The number of thiophene rings is 1. The van der Waals surface area contributed by atoms with Gasteiger partial charge in [0, 0.05) is 31.6 Å². The fourth-order valence-corrected chi connectivity index (χ4v) is 3.13. The standard InChI is InChI=1S/C16H18N2O2S/c1-20-14-8-9-18(11-14)13-6-4-12(5-7-13)17-16(19)15-3-2-10-21-15/h2-7,10,14H,8-9,11H2,1H3,(H,17,19). The number of nitrogens with zero attached hydrogens (tertiary/aromatic N) is 1. The molecule has 1 aliphatic rings. The van der Waals surface area contributed by atoms with E-state index in [0.29, 0.717) is 6.10 Å². The Balaban J connectivity index is 1.63. The van der Waals surface area contributed by atoms with E-state index in [1.165, 1.54) is 17.0 Å². The lowest BCUT2D eigenvalue weighted by molar-refractivity contribution is 0.103. The van der Waals surface area contributed by atoms with Gasteiger partial charge in [-0.05, 0) is 42.1 Å². The van der Waals surface area contributed by atoms with Crippen LogP contribution < -0.4 is 10.2 Å². The zero-order chi connectivity index (χ0) is 14.7. The van der Waals surface area contributed by atoms with Gasteiger partial charge < -0.3 is 15.0 Å². The zero-order valence-electron chi connectivity index (χ0n) is 11.9. The molecule has 1 fully saturated rings. The first kappa shape index (κ1) is 14.1. The van der Waals surface area contributed by atoms with Crippen molar-refractivity contribution in [2.75, 3.05) is 30.4 Å². The predicted molar refractivity (Wildman–Crippen MR) is 86.3 cm³/mol. The Morgan fingerprint density at radius 2 is 2.14 bits per heavy atom. The van der Waals surface area contributed by atoms with Gasteiger partial charge in [0.25, 0.3) is 5.91 Å². The van der Waals surface area contributed by atoms with Crippen molar-refractivity contribution in [3.8, 4) is 0 Å². The highest BCUT2D eigenvalue weighted by Gasteiger charge is 2.22. The number of ether oxygens (including phenoxy) is 1. The summed E-state index contributed by atoms with van der Waals surface area (Å²) in [5.41, 5.74) is 1.99. The SMILES string of the molecule is COC1CCN(c2ccc(NC(=O)c3cccs3)cc2)C1. The number of rotatable bonds is 4. The van der Waals surface area contributed by atoms with E-state index < -0.39 is 0 Å². The van der Waals surface area contributed by atoms with Crippen LogP contribution in [0.4, 0.5) is 11.4 Å². The van der Waals surface area contributed by atoms with Crippen LogP contribution in [0.15, 0.2) is 41.8 Å². The molecule has 1 aliphatic heterocycles. The lowest BCUT2D eigenvalue weighted by atomic mass is 10.2. The summed E-state index contributed by atoms with van der Waals surface area (Å²) in [5, 5.41) is 4.81. The summed E-state index contributed by atoms with van der Waals surface area (Å²) < 4.78 is 5.38. The van der Waals surface area contributed by atoms with Crippen molar-refractivity contribution in [2.24, 2.45) is 0 Å². The third kappa shape index (κ3) is 3.25. The van der Waals surface area contributed by atoms with E-state index in [1.807, 2.05) is 41.8 Å². The molecule has 1 amide bonds. The van der Waals surface area contributed by atoms with E-state index in [2.05, 4.69) is 10.2 Å². The minimum Gasteiger partial charge on any atom is -0.380 e. The van der Waals surface area contributed by atoms with Crippen molar-refractivity contribution in [2.45, 2.75) is 12.5 Å². The van der Waals surface area contributed by atoms with Gasteiger partial charge in [0.1, 0.15) is 0 Å². The lowest BCUT2D eigenvalue weighted by Crippen LogP contribution is -2.22. The zero-order valence-corrected chi connectivity index (χ0v) is 12.7. The van der Waals surface area contributed by atoms with E-state index in [9.17, 15) is 4.79 Å². The Morgan fingerprint density at radius 3 is 2.76 bits per heavy atom. The van der Waals surface area contributed by atoms with Crippen LogP contribution in [-0.2, 0) is 4.74 Å². The third-order valence-corrected chi connectivity index (χ3v) is 4.58. The van der Waals surface area contributed by atoms with Gasteiger partial charge in [0.2, 0.25) is 0 Å². The van der Waals surface area contributed by atoms with Gasteiger partial charge in [-0.2, -0.15) is 0 Å². The van der Waals surface area contributed by atoms with Crippen molar-refractivity contribution in [1.82, 2.24) is 0 Å². The highest BCUT2D eigenvalue weighted by atomic mass is 32.1. The van der Waals surface area contributed by atoms with E-state index in [1.54, 1.807) is 7.11 Å². The molecule has 5 heteroatoms. The molecule has 110 valence electrons. The number of methoxy groups -OCH3 is 1. The highest BCUT2D eigenvalue weighted by molar-refractivity contribution is 7.12. The van der Waals surface area contributed by atoms with Crippen LogP contribution in [0.2, 0.25) is 0 Å². The number of hydrogen-bond donors (Lipinski definition) is 1.